The number of amides is 2. The van der Waals surface area contributed by atoms with Gasteiger partial charge < -0.3 is 15.1 Å². The van der Waals surface area contributed by atoms with E-state index in [-0.39, 0.29) is 6.03 Å². The Morgan fingerprint density at radius 3 is 2.58 bits per heavy atom. The van der Waals surface area contributed by atoms with E-state index in [1.807, 2.05) is 31.2 Å². The van der Waals surface area contributed by atoms with Crippen molar-refractivity contribution in [3.05, 3.63) is 59.7 Å². The number of aromatic nitrogens is 3. The molecule has 0 spiro atoms. The fourth-order valence-electron chi connectivity index (χ4n) is 2.15. The van der Waals surface area contributed by atoms with E-state index in [0.29, 0.717) is 24.0 Å². The van der Waals surface area contributed by atoms with Gasteiger partial charge in [0.25, 0.3) is 0 Å². The summed E-state index contributed by atoms with van der Waals surface area (Å²) in [7, 11) is 0. The highest BCUT2D eigenvalue weighted by Gasteiger charge is 2.07. The molecule has 3 aromatic rings. The van der Waals surface area contributed by atoms with Gasteiger partial charge in [-0.15, -0.1) is 10.2 Å². The Hall–Kier alpha value is -3.22. The number of carbonyl (C=O) groups is 1. The Bertz CT molecular complexity index is 842. The number of pyridine rings is 1. The molecule has 7 nitrogen and oxygen atoms in total. The largest absolute Gasteiger partial charge is 0.421 e. The normalized spacial score (nSPS) is 10.4. The van der Waals surface area contributed by atoms with Crippen LogP contribution in [0.2, 0.25) is 0 Å². The van der Waals surface area contributed by atoms with Crippen LogP contribution < -0.4 is 10.6 Å². The highest BCUT2D eigenvalue weighted by Crippen LogP contribution is 2.19. The molecule has 24 heavy (non-hydrogen) atoms. The minimum Gasteiger partial charge on any atom is -0.421 e. The van der Waals surface area contributed by atoms with Crippen molar-refractivity contribution in [3.63, 3.8) is 0 Å². The van der Waals surface area contributed by atoms with Gasteiger partial charge in [-0.05, 0) is 42.8 Å². The minimum absolute atomic E-state index is 0.290. The first-order chi connectivity index (χ1) is 11.6. The molecule has 1 aromatic carbocycles. The number of carbonyl (C=O) groups excluding carboxylic acids is 1. The second-order valence-corrected chi connectivity index (χ2v) is 5.28. The van der Waals surface area contributed by atoms with Crippen molar-refractivity contribution in [2.45, 2.75) is 20.4 Å². The molecular formula is C17H17N5O2. The van der Waals surface area contributed by atoms with Gasteiger partial charge in [0.15, 0.2) is 0 Å². The molecule has 0 aliphatic rings. The molecule has 0 aliphatic carbocycles. The zero-order chi connectivity index (χ0) is 16.9. The average Bonchev–Trinajstić information content (AvgIpc) is 3.01. The van der Waals surface area contributed by atoms with Crippen LogP contribution in [0.15, 0.2) is 47.0 Å². The molecule has 0 unspecified atom stereocenters. The lowest BCUT2D eigenvalue weighted by molar-refractivity contribution is 0.251. The number of nitrogens with one attached hydrogen (secondary N) is 2. The molecule has 0 bridgehead atoms. The Kier molecular flexibility index (Phi) is 4.51. The van der Waals surface area contributed by atoms with Crippen LogP contribution in [0.25, 0.3) is 11.5 Å². The molecule has 2 heterocycles. The van der Waals surface area contributed by atoms with Crippen LogP contribution in [0.3, 0.4) is 0 Å². The number of aryl methyl sites for hydroxylation is 2. The summed E-state index contributed by atoms with van der Waals surface area (Å²) >= 11 is 0. The molecule has 0 saturated carbocycles. The summed E-state index contributed by atoms with van der Waals surface area (Å²) in [5.41, 5.74) is 3.35. The first kappa shape index (κ1) is 15.7. The van der Waals surface area contributed by atoms with E-state index in [0.717, 1.165) is 16.8 Å². The fourth-order valence-corrected chi connectivity index (χ4v) is 2.15. The summed E-state index contributed by atoms with van der Waals surface area (Å²) in [5.74, 6) is 0.963. The second-order valence-electron chi connectivity index (χ2n) is 5.28. The van der Waals surface area contributed by atoms with Crippen LogP contribution in [0, 0.1) is 13.8 Å². The zero-order valence-electron chi connectivity index (χ0n) is 13.4. The van der Waals surface area contributed by atoms with Crippen molar-refractivity contribution in [1.82, 2.24) is 20.5 Å². The van der Waals surface area contributed by atoms with E-state index in [4.69, 9.17) is 4.42 Å². The number of urea groups is 1. The summed E-state index contributed by atoms with van der Waals surface area (Å²) in [6.45, 7) is 4.07. The highest BCUT2D eigenvalue weighted by atomic mass is 16.4. The van der Waals surface area contributed by atoms with Crippen molar-refractivity contribution >= 4 is 11.7 Å². The van der Waals surface area contributed by atoms with E-state index in [9.17, 15) is 4.79 Å². The molecule has 7 heteroatoms. The first-order valence-corrected chi connectivity index (χ1v) is 7.48. The van der Waals surface area contributed by atoms with Crippen LogP contribution >= 0.6 is 0 Å². The predicted octanol–water partition coefficient (Wildman–Crippen LogP) is 3.07. The molecule has 122 valence electrons. The van der Waals surface area contributed by atoms with Crippen LogP contribution in [-0.2, 0) is 6.54 Å². The molecule has 2 N–H and O–H groups in total. The standard InChI is InChI=1S/C17H17N5O2/c1-11-4-3-9-18-15(11)10-19-17(23)20-14-7-5-13(6-8-14)16-22-21-12(2)24-16/h3-9H,10H2,1-2H3,(H2,19,20,23). The average molecular weight is 323 g/mol. The highest BCUT2D eigenvalue weighted by molar-refractivity contribution is 5.89. The predicted molar refractivity (Wildman–Crippen MR) is 89.3 cm³/mol. The third-order valence-corrected chi connectivity index (χ3v) is 3.45. The quantitative estimate of drug-likeness (QED) is 0.769. The molecule has 0 saturated heterocycles. The summed E-state index contributed by atoms with van der Waals surface area (Å²) in [4.78, 5) is 16.2. The number of anilines is 1. The molecule has 0 fully saturated rings. The number of hydrogen-bond acceptors (Lipinski definition) is 5. The van der Waals surface area contributed by atoms with Crippen molar-refractivity contribution in [2.75, 3.05) is 5.32 Å². The van der Waals surface area contributed by atoms with Gasteiger partial charge in [0.2, 0.25) is 11.8 Å². The second kappa shape index (κ2) is 6.91. The van der Waals surface area contributed by atoms with E-state index >= 15 is 0 Å². The number of benzene rings is 1. The van der Waals surface area contributed by atoms with E-state index in [1.165, 1.54) is 0 Å². The molecule has 2 amide bonds. The van der Waals surface area contributed by atoms with Gasteiger partial charge in [-0.2, -0.15) is 0 Å². The Morgan fingerprint density at radius 1 is 1.12 bits per heavy atom. The maximum Gasteiger partial charge on any atom is 0.319 e. The Balaban J connectivity index is 1.57. The van der Waals surface area contributed by atoms with Crippen molar-refractivity contribution in [3.8, 4) is 11.5 Å². The number of hydrogen-bond donors (Lipinski definition) is 2. The smallest absolute Gasteiger partial charge is 0.319 e. The van der Waals surface area contributed by atoms with Crippen molar-refractivity contribution < 1.29 is 9.21 Å². The zero-order valence-corrected chi connectivity index (χ0v) is 13.4. The Morgan fingerprint density at radius 2 is 1.92 bits per heavy atom. The van der Waals surface area contributed by atoms with Crippen LogP contribution in [0.5, 0.6) is 0 Å². The van der Waals surface area contributed by atoms with Gasteiger partial charge >= 0.3 is 6.03 Å². The van der Waals surface area contributed by atoms with Crippen molar-refractivity contribution in [2.24, 2.45) is 0 Å². The molecule has 0 atom stereocenters. The monoisotopic (exact) mass is 323 g/mol. The van der Waals surface area contributed by atoms with Gasteiger partial charge in [0, 0.05) is 24.4 Å². The molecule has 3 rings (SSSR count). The lowest BCUT2D eigenvalue weighted by Crippen LogP contribution is -2.28. The Labute approximate surface area is 139 Å². The third-order valence-electron chi connectivity index (χ3n) is 3.45. The fraction of sp³-hybridized carbons (Fsp3) is 0.176. The van der Waals surface area contributed by atoms with Gasteiger partial charge in [0.05, 0.1) is 12.2 Å². The summed E-state index contributed by atoms with van der Waals surface area (Å²) < 4.78 is 5.36. The van der Waals surface area contributed by atoms with E-state index in [2.05, 4.69) is 25.8 Å². The lowest BCUT2D eigenvalue weighted by Gasteiger charge is -2.09. The maximum absolute atomic E-state index is 12.0. The summed E-state index contributed by atoms with van der Waals surface area (Å²) in [6.07, 6.45) is 1.71. The molecule has 0 radical (unpaired) electrons. The molecule has 0 aliphatic heterocycles. The van der Waals surface area contributed by atoms with Gasteiger partial charge in [0.1, 0.15) is 0 Å². The van der Waals surface area contributed by atoms with E-state index in [1.54, 1.807) is 25.3 Å². The molecule has 2 aromatic heterocycles. The van der Waals surface area contributed by atoms with Gasteiger partial charge in [-0.3, -0.25) is 4.98 Å². The van der Waals surface area contributed by atoms with Gasteiger partial charge in [-0.25, -0.2) is 4.79 Å². The van der Waals surface area contributed by atoms with Crippen LogP contribution in [-0.4, -0.2) is 21.2 Å². The summed E-state index contributed by atoms with van der Waals surface area (Å²) in [5, 5.41) is 13.3. The SMILES string of the molecule is Cc1nnc(-c2ccc(NC(=O)NCc3ncccc3C)cc2)o1. The third kappa shape index (κ3) is 3.75. The molecular weight excluding hydrogens is 306 g/mol. The minimum atomic E-state index is -0.290. The summed E-state index contributed by atoms with van der Waals surface area (Å²) in [6, 6.07) is 10.7. The van der Waals surface area contributed by atoms with Crippen LogP contribution in [0.1, 0.15) is 17.1 Å². The van der Waals surface area contributed by atoms with Gasteiger partial charge in [-0.1, -0.05) is 6.07 Å². The topological polar surface area (TPSA) is 92.9 Å². The van der Waals surface area contributed by atoms with Crippen molar-refractivity contribution in [1.29, 1.82) is 0 Å². The number of rotatable bonds is 4. The van der Waals surface area contributed by atoms with Crippen LogP contribution in [0.4, 0.5) is 10.5 Å². The first-order valence-electron chi connectivity index (χ1n) is 7.48. The number of nitrogens with zero attached hydrogens (tertiary/aromatic N) is 3. The van der Waals surface area contributed by atoms with E-state index < -0.39 is 0 Å². The lowest BCUT2D eigenvalue weighted by atomic mass is 10.2. The maximum atomic E-state index is 12.0.